The predicted molar refractivity (Wildman–Crippen MR) is 92.3 cm³/mol. The minimum absolute atomic E-state index is 0.0846. The number of fused-ring (bicyclic) bond motifs is 1. The standard InChI is InChI=1S/C18H19NO5S/c1-18(2)10-14-9-15(7-8-16(14)24-18)25(22,23)19-11-12-3-5-13(6-4-12)17(20)21/h3-9,19H,10-11H2,1-2H3,(H,20,21). The number of carboxylic acid groups (broad SMARTS) is 1. The second-order valence-electron chi connectivity index (χ2n) is 6.63. The quantitative estimate of drug-likeness (QED) is 0.854. The summed E-state index contributed by atoms with van der Waals surface area (Å²) in [7, 11) is -3.67. The van der Waals surface area contributed by atoms with Crippen molar-refractivity contribution in [2.24, 2.45) is 0 Å². The van der Waals surface area contributed by atoms with Crippen molar-refractivity contribution in [2.45, 2.75) is 37.3 Å². The van der Waals surface area contributed by atoms with E-state index in [9.17, 15) is 13.2 Å². The van der Waals surface area contributed by atoms with Gasteiger partial charge in [-0.1, -0.05) is 12.1 Å². The van der Waals surface area contributed by atoms with Crippen molar-refractivity contribution in [1.82, 2.24) is 4.72 Å². The highest BCUT2D eigenvalue weighted by Crippen LogP contribution is 2.35. The molecule has 0 bridgehead atoms. The third-order valence-corrected chi connectivity index (χ3v) is 5.41. The summed E-state index contributed by atoms with van der Waals surface area (Å²) in [6, 6.07) is 10.9. The molecule has 7 heteroatoms. The van der Waals surface area contributed by atoms with Crippen LogP contribution in [-0.2, 0) is 23.0 Å². The van der Waals surface area contributed by atoms with Crippen molar-refractivity contribution in [1.29, 1.82) is 0 Å². The fourth-order valence-electron chi connectivity index (χ4n) is 2.78. The van der Waals surface area contributed by atoms with Gasteiger partial charge in [0.15, 0.2) is 0 Å². The van der Waals surface area contributed by atoms with Crippen LogP contribution in [0.25, 0.3) is 0 Å². The van der Waals surface area contributed by atoms with Gasteiger partial charge in [-0.05, 0) is 55.3 Å². The lowest BCUT2D eigenvalue weighted by atomic mass is 10.0. The molecule has 0 unspecified atom stereocenters. The van der Waals surface area contributed by atoms with E-state index in [1.807, 2.05) is 13.8 Å². The number of nitrogens with one attached hydrogen (secondary N) is 1. The van der Waals surface area contributed by atoms with Gasteiger partial charge in [0.2, 0.25) is 10.0 Å². The Morgan fingerprint density at radius 2 is 1.88 bits per heavy atom. The topological polar surface area (TPSA) is 92.7 Å². The van der Waals surface area contributed by atoms with Crippen molar-refractivity contribution in [2.75, 3.05) is 0 Å². The molecule has 1 heterocycles. The van der Waals surface area contributed by atoms with Gasteiger partial charge in [0.05, 0.1) is 10.5 Å². The van der Waals surface area contributed by atoms with Crippen LogP contribution >= 0.6 is 0 Å². The molecule has 0 aromatic heterocycles. The van der Waals surface area contributed by atoms with E-state index in [2.05, 4.69) is 4.72 Å². The Hall–Kier alpha value is -2.38. The Bertz CT molecular complexity index is 917. The van der Waals surface area contributed by atoms with E-state index in [0.29, 0.717) is 17.7 Å². The Morgan fingerprint density at radius 1 is 1.20 bits per heavy atom. The van der Waals surface area contributed by atoms with Gasteiger partial charge in [-0.15, -0.1) is 0 Å². The van der Waals surface area contributed by atoms with Crippen molar-refractivity contribution >= 4 is 16.0 Å². The number of hydrogen-bond donors (Lipinski definition) is 2. The van der Waals surface area contributed by atoms with E-state index in [1.165, 1.54) is 18.2 Å². The summed E-state index contributed by atoms with van der Waals surface area (Å²) in [6.07, 6.45) is 0.655. The van der Waals surface area contributed by atoms with E-state index in [-0.39, 0.29) is 22.6 Å². The van der Waals surface area contributed by atoms with Gasteiger partial charge < -0.3 is 9.84 Å². The zero-order chi connectivity index (χ0) is 18.2. The summed E-state index contributed by atoms with van der Waals surface area (Å²) in [6.45, 7) is 4.00. The van der Waals surface area contributed by atoms with E-state index < -0.39 is 16.0 Å². The molecule has 2 N–H and O–H groups in total. The SMILES string of the molecule is CC1(C)Cc2cc(S(=O)(=O)NCc3ccc(C(=O)O)cc3)ccc2O1. The van der Waals surface area contributed by atoms with Crippen molar-refractivity contribution < 1.29 is 23.1 Å². The summed E-state index contributed by atoms with van der Waals surface area (Å²) in [5, 5.41) is 8.88. The molecule has 0 atom stereocenters. The molecule has 25 heavy (non-hydrogen) atoms. The van der Waals surface area contributed by atoms with Crippen LogP contribution in [0.15, 0.2) is 47.4 Å². The second kappa shape index (κ2) is 6.16. The van der Waals surface area contributed by atoms with Gasteiger partial charge >= 0.3 is 5.97 Å². The summed E-state index contributed by atoms with van der Waals surface area (Å²) in [5.74, 6) is -0.302. The Labute approximate surface area is 146 Å². The molecule has 0 amide bonds. The summed E-state index contributed by atoms with van der Waals surface area (Å²) >= 11 is 0. The van der Waals surface area contributed by atoms with E-state index in [4.69, 9.17) is 9.84 Å². The molecule has 0 spiro atoms. The first-order chi connectivity index (χ1) is 11.7. The van der Waals surface area contributed by atoms with E-state index in [1.54, 1.807) is 24.3 Å². The molecule has 3 rings (SSSR count). The first kappa shape index (κ1) is 17.4. The van der Waals surface area contributed by atoms with Gasteiger partial charge in [0, 0.05) is 13.0 Å². The molecule has 2 aromatic carbocycles. The number of hydrogen-bond acceptors (Lipinski definition) is 4. The van der Waals surface area contributed by atoms with Crippen LogP contribution in [0, 0.1) is 0 Å². The lowest BCUT2D eigenvalue weighted by Gasteiger charge is -2.16. The van der Waals surface area contributed by atoms with Crippen molar-refractivity contribution in [3.63, 3.8) is 0 Å². The Kier molecular flexibility index (Phi) is 4.30. The fraction of sp³-hybridized carbons (Fsp3) is 0.278. The van der Waals surface area contributed by atoms with Crippen LogP contribution < -0.4 is 9.46 Å². The summed E-state index contributed by atoms with van der Waals surface area (Å²) in [4.78, 5) is 11.0. The number of sulfonamides is 1. The third kappa shape index (κ3) is 3.83. The van der Waals surface area contributed by atoms with Crippen LogP contribution in [0.2, 0.25) is 0 Å². The summed E-state index contributed by atoms with van der Waals surface area (Å²) in [5.41, 5.74) is 1.38. The Morgan fingerprint density at radius 3 is 2.52 bits per heavy atom. The molecule has 1 aliphatic heterocycles. The van der Waals surface area contributed by atoms with Crippen LogP contribution in [0.4, 0.5) is 0 Å². The minimum Gasteiger partial charge on any atom is -0.487 e. The third-order valence-electron chi connectivity index (χ3n) is 4.01. The lowest BCUT2D eigenvalue weighted by Crippen LogP contribution is -2.24. The highest BCUT2D eigenvalue weighted by molar-refractivity contribution is 7.89. The molecule has 2 aromatic rings. The maximum Gasteiger partial charge on any atom is 0.335 e. The summed E-state index contributed by atoms with van der Waals surface area (Å²) < 4.78 is 33.3. The first-order valence-corrected chi connectivity index (χ1v) is 9.28. The molecule has 0 saturated heterocycles. The molecule has 0 aliphatic carbocycles. The zero-order valence-corrected chi connectivity index (χ0v) is 14.8. The Balaban J connectivity index is 1.73. The minimum atomic E-state index is -3.67. The number of benzene rings is 2. The van der Waals surface area contributed by atoms with Crippen LogP contribution in [0.3, 0.4) is 0 Å². The molecule has 6 nitrogen and oxygen atoms in total. The average molecular weight is 361 g/mol. The van der Waals surface area contributed by atoms with Crippen molar-refractivity contribution in [3.05, 3.63) is 59.2 Å². The van der Waals surface area contributed by atoms with Gasteiger partial charge in [0.1, 0.15) is 11.4 Å². The lowest BCUT2D eigenvalue weighted by molar-refractivity contribution is 0.0697. The molecular formula is C18H19NO5S. The van der Waals surface area contributed by atoms with Crippen LogP contribution in [0.1, 0.15) is 35.3 Å². The molecule has 0 radical (unpaired) electrons. The van der Waals surface area contributed by atoms with Crippen LogP contribution in [0.5, 0.6) is 5.75 Å². The smallest absolute Gasteiger partial charge is 0.335 e. The average Bonchev–Trinajstić information content (AvgIpc) is 2.86. The normalized spacial score (nSPS) is 15.4. The number of carboxylic acids is 1. The highest BCUT2D eigenvalue weighted by Gasteiger charge is 2.31. The van der Waals surface area contributed by atoms with Crippen LogP contribution in [-0.4, -0.2) is 25.1 Å². The van der Waals surface area contributed by atoms with Gasteiger partial charge in [-0.2, -0.15) is 0 Å². The number of carbonyl (C=O) groups is 1. The second-order valence-corrected chi connectivity index (χ2v) is 8.40. The maximum atomic E-state index is 12.5. The van der Waals surface area contributed by atoms with Gasteiger partial charge in [0.25, 0.3) is 0 Å². The fourth-order valence-corrected chi connectivity index (χ4v) is 3.85. The largest absolute Gasteiger partial charge is 0.487 e. The van der Waals surface area contributed by atoms with Gasteiger partial charge in [-0.25, -0.2) is 17.9 Å². The molecule has 0 saturated carbocycles. The molecule has 0 fully saturated rings. The zero-order valence-electron chi connectivity index (χ0n) is 13.9. The molecule has 1 aliphatic rings. The molecule has 132 valence electrons. The monoisotopic (exact) mass is 361 g/mol. The van der Waals surface area contributed by atoms with Gasteiger partial charge in [-0.3, -0.25) is 0 Å². The number of ether oxygens (including phenoxy) is 1. The number of rotatable bonds is 5. The van der Waals surface area contributed by atoms with E-state index in [0.717, 1.165) is 5.56 Å². The maximum absolute atomic E-state index is 12.5. The predicted octanol–water partition coefficient (Wildman–Crippen LogP) is 2.58. The van der Waals surface area contributed by atoms with Crippen molar-refractivity contribution in [3.8, 4) is 5.75 Å². The number of aromatic carboxylic acids is 1. The molecular weight excluding hydrogens is 342 g/mol. The van der Waals surface area contributed by atoms with E-state index >= 15 is 0 Å². The highest BCUT2D eigenvalue weighted by atomic mass is 32.2. The first-order valence-electron chi connectivity index (χ1n) is 7.80.